The SMILES string of the molecule is CCNC(=O)c1ccc(NCC)c(C(F)(F)F)c1. The normalized spacial score (nSPS) is 11.2. The van der Waals surface area contributed by atoms with Crippen LogP contribution in [-0.4, -0.2) is 19.0 Å². The second-order valence-corrected chi connectivity index (χ2v) is 3.65. The molecule has 0 heterocycles. The molecule has 0 atom stereocenters. The zero-order chi connectivity index (χ0) is 13.8. The number of hydrogen-bond donors (Lipinski definition) is 2. The van der Waals surface area contributed by atoms with Gasteiger partial charge in [-0.25, -0.2) is 0 Å². The third kappa shape index (κ3) is 3.38. The fourth-order valence-electron chi connectivity index (χ4n) is 1.53. The van der Waals surface area contributed by atoms with Gasteiger partial charge in [-0.1, -0.05) is 0 Å². The first-order valence-electron chi connectivity index (χ1n) is 5.63. The highest BCUT2D eigenvalue weighted by Gasteiger charge is 2.34. The van der Waals surface area contributed by atoms with E-state index in [4.69, 9.17) is 0 Å². The Labute approximate surface area is 103 Å². The molecule has 0 radical (unpaired) electrons. The van der Waals surface area contributed by atoms with Gasteiger partial charge in [-0.15, -0.1) is 0 Å². The lowest BCUT2D eigenvalue weighted by atomic mass is 10.1. The van der Waals surface area contributed by atoms with Gasteiger partial charge in [-0.05, 0) is 32.0 Å². The molecule has 0 bridgehead atoms. The number of hydrogen-bond acceptors (Lipinski definition) is 2. The summed E-state index contributed by atoms with van der Waals surface area (Å²) in [5.41, 5.74) is -0.836. The molecule has 3 nitrogen and oxygen atoms in total. The van der Waals surface area contributed by atoms with Crippen LogP contribution in [0.5, 0.6) is 0 Å². The van der Waals surface area contributed by atoms with Crippen LogP contribution in [0.15, 0.2) is 18.2 Å². The van der Waals surface area contributed by atoms with E-state index in [0.717, 1.165) is 6.07 Å². The van der Waals surface area contributed by atoms with Crippen LogP contribution < -0.4 is 10.6 Å². The smallest absolute Gasteiger partial charge is 0.385 e. The van der Waals surface area contributed by atoms with E-state index in [0.29, 0.717) is 13.1 Å². The maximum absolute atomic E-state index is 12.8. The zero-order valence-corrected chi connectivity index (χ0v) is 10.2. The van der Waals surface area contributed by atoms with Gasteiger partial charge >= 0.3 is 6.18 Å². The number of nitrogens with one attached hydrogen (secondary N) is 2. The molecule has 0 saturated heterocycles. The number of anilines is 1. The standard InChI is InChI=1S/C12H15F3N2O/c1-3-16-10-6-5-8(11(18)17-4-2)7-9(10)12(13,14)15/h5-7,16H,3-4H2,1-2H3,(H,17,18). The van der Waals surface area contributed by atoms with Crippen molar-refractivity contribution in [3.8, 4) is 0 Å². The largest absolute Gasteiger partial charge is 0.418 e. The summed E-state index contributed by atoms with van der Waals surface area (Å²) in [5.74, 6) is -0.508. The molecule has 100 valence electrons. The second-order valence-electron chi connectivity index (χ2n) is 3.65. The van der Waals surface area contributed by atoms with E-state index in [1.54, 1.807) is 13.8 Å². The lowest BCUT2D eigenvalue weighted by molar-refractivity contribution is -0.137. The van der Waals surface area contributed by atoms with Crippen molar-refractivity contribution in [3.63, 3.8) is 0 Å². The highest BCUT2D eigenvalue weighted by Crippen LogP contribution is 2.35. The minimum atomic E-state index is -4.49. The number of rotatable bonds is 4. The molecular weight excluding hydrogens is 245 g/mol. The topological polar surface area (TPSA) is 41.1 Å². The highest BCUT2D eigenvalue weighted by atomic mass is 19.4. The third-order valence-electron chi connectivity index (χ3n) is 2.29. The molecule has 0 aliphatic rings. The molecule has 18 heavy (non-hydrogen) atoms. The molecule has 0 aliphatic carbocycles. The molecule has 0 aliphatic heterocycles. The van der Waals surface area contributed by atoms with Crippen molar-refractivity contribution < 1.29 is 18.0 Å². The van der Waals surface area contributed by atoms with Crippen molar-refractivity contribution in [1.82, 2.24) is 5.32 Å². The minimum absolute atomic E-state index is 0.00540. The third-order valence-corrected chi connectivity index (χ3v) is 2.29. The van der Waals surface area contributed by atoms with E-state index in [-0.39, 0.29) is 11.3 Å². The first-order chi connectivity index (χ1) is 8.40. The van der Waals surface area contributed by atoms with Gasteiger partial charge in [-0.2, -0.15) is 13.2 Å². The van der Waals surface area contributed by atoms with Crippen molar-refractivity contribution in [2.45, 2.75) is 20.0 Å². The second kappa shape index (κ2) is 5.75. The van der Waals surface area contributed by atoms with Crippen molar-refractivity contribution in [2.24, 2.45) is 0 Å². The Kier molecular flexibility index (Phi) is 4.58. The Morgan fingerprint density at radius 1 is 1.22 bits per heavy atom. The molecule has 6 heteroatoms. The molecule has 1 rings (SSSR count). The van der Waals surface area contributed by atoms with Gasteiger partial charge in [0.15, 0.2) is 0 Å². The minimum Gasteiger partial charge on any atom is -0.385 e. The summed E-state index contributed by atoms with van der Waals surface area (Å²) in [6, 6.07) is 3.51. The molecule has 0 unspecified atom stereocenters. The predicted molar refractivity (Wildman–Crippen MR) is 63.6 cm³/mol. The molecular formula is C12H15F3N2O. The fourth-order valence-corrected chi connectivity index (χ4v) is 1.53. The number of alkyl halides is 3. The van der Waals surface area contributed by atoms with E-state index in [9.17, 15) is 18.0 Å². The number of carbonyl (C=O) groups is 1. The monoisotopic (exact) mass is 260 g/mol. The average molecular weight is 260 g/mol. The van der Waals surface area contributed by atoms with Gasteiger partial charge in [0.2, 0.25) is 0 Å². The van der Waals surface area contributed by atoms with Crippen molar-refractivity contribution in [2.75, 3.05) is 18.4 Å². The Bertz CT molecular complexity index is 430. The zero-order valence-electron chi connectivity index (χ0n) is 10.2. The first-order valence-corrected chi connectivity index (χ1v) is 5.63. The predicted octanol–water partition coefficient (Wildman–Crippen LogP) is 2.89. The molecule has 0 saturated carbocycles. The number of carbonyl (C=O) groups excluding carboxylic acids is 1. The van der Waals surface area contributed by atoms with Crippen molar-refractivity contribution in [1.29, 1.82) is 0 Å². The van der Waals surface area contributed by atoms with Crippen LogP contribution in [0.3, 0.4) is 0 Å². The van der Waals surface area contributed by atoms with Crippen LogP contribution in [0.25, 0.3) is 0 Å². The van der Waals surface area contributed by atoms with Gasteiger partial charge < -0.3 is 10.6 Å². The number of benzene rings is 1. The maximum Gasteiger partial charge on any atom is 0.418 e. The summed E-state index contributed by atoms with van der Waals surface area (Å²) in [7, 11) is 0. The molecule has 1 aromatic rings. The molecule has 0 aromatic heterocycles. The van der Waals surface area contributed by atoms with Crippen LogP contribution in [0.4, 0.5) is 18.9 Å². The molecule has 1 amide bonds. The van der Waals surface area contributed by atoms with E-state index in [1.807, 2.05) is 0 Å². The van der Waals surface area contributed by atoms with Gasteiger partial charge in [0.1, 0.15) is 0 Å². The molecule has 0 spiro atoms. The Morgan fingerprint density at radius 3 is 2.39 bits per heavy atom. The van der Waals surface area contributed by atoms with Gasteiger partial charge in [0, 0.05) is 24.3 Å². The van der Waals surface area contributed by atoms with E-state index in [2.05, 4.69) is 10.6 Å². The summed E-state index contributed by atoms with van der Waals surface area (Å²) in [5, 5.41) is 5.09. The summed E-state index contributed by atoms with van der Waals surface area (Å²) >= 11 is 0. The van der Waals surface area contributed by atoms with Crippen LogP contribution in [-0.2, 0) is 6.18 Å². The Balaban J connectivity index is 3.17. The molecule has 0 fully saturated rings. The van der Waals surface area contributed by atoms with Gasteiger partial charge in [0.05, 0.1) is 5.56 Å². The number of amides is 1. The quantitative estimate of drug-likeness (QED) is 0.874. The number of halogens is 3. The van der Waals surface area contributed by atoms with Crippen LogP contribution in [0, 0.1) is 0 Å². The molecule has 2 N–H and O–H groups in total. The lowest BCUT2D eigenvalue weighted by Gasteiger charge is -2.15. The van der Waals surface area contributed by atoms with Crippen molar-refractivity contribution >= 4 is 11.6 Å². The summed E-state index contributed by atoms with van der Waals surface area (Å²) < 4.78 is 38.5. The summed E-state index contributed by atoms with van der Waals surface area (Å²) in [6.45, 7) is 4.16. The van der Waals surface area contributed by atoms with Gasteiger partial charge in [-0.3, -0.25) is 4.79 Å². The van der Waals surface area contributed by atoms with Crippen molar-refractivity contribution in [3.05, 3.63) is 29.3 Å². The first kappa shape index (κ1) is 14.3. The highest BCUT2D eigenvalue weighted by molar-refractivity contribution is 5.94. The van der Waals surface area contributed by atoms with Gasteiger partial charge in [0.25, 0.3) is 5.91 Å². The maximum atomic E-state index is 12.8. The van der Waals surface area contributed by atoms with Crippen LogP contribution >= 0.6 is 0 Å². The Morgan fingerprint density at radius 2 is 1.89 bits per heavy atom. The average Bonchev–Trinajstić information content (AvgIpc) is 2.28. The van der Waals surface area contributed by atoms with E-state index < -0.39 is 17.6 Å². The van der Waals surface area contributed by atoms with E-state index >= 15 is 0 Å². The van der Waals surface area contributed by atoms with Crippen LogP contribution in [0.1, 0.15) is 29.8 Å². The summed E-state index contributed by atoms with van der Waals surface area (Å²) in [6.07, 6.45) is -4.49. The Hall–Kier alpha value is -1.72. The summed E-state index contributed by atoms with van der Waals surface area (Å²) in [4.78, 5) is 11.5. The lowest BCUT2D eigenvalue weighted by Crippen LogP contribution is -2.23. The van der Waals surface area contributed by atoms with Crippen LogP contribution in [0.2, 0.25) is 0 Å². The fraction of sp³-hybridized carbons (Fsp3) is 0.417. The van der Waals surface area contributed by atoms with E-state index in [1.165, 1.54) is 12.1 Å². The molecule has 1 aromatic carbocycles.